The molecule has 0 saturated carbocycles. The van der Waals surface area contributed by atoms with Crippen molar-refractivity contribution in [2.75, 3.05) is 26.3 Å². The minimum absolute atomic E-state index is 0.479. The standard InChI is InChI=1S/C10H18N2O/c11-10(12-5-1-2-6-12)9-3-7-13-8-4-9/h9,11H,1-8H2. The first kappa shape index (κ1) is 9.00. The molecule has 0 unspecified atom stereocenters. The lowest BCUT2D eigenvalue weighted by molar-refractivity contribution is 0.0799. The van der Waals surface area contributed by atoms with E-state index in [9.17, 15) is 0 Å². The Labute approximate surface area is 79.6 Å². The Balaban J connectivity index is 1.87. The van der Waals surface area contributed by atoms with Crippen molar-refractivity contribution in [3.63, 3.8) is 0 Å². The van der Waals surface area contributed by atoms with Gasteiger partial charge < -0.3 is 9.64 Å². The van der Waals surface area contributed by atoms with E-state index in [4.69, 9.17) is 10.1 Å². The van der Waals surface area contributed by atoms with E-state index in [1.807, 2.05) is 0 Å². The molecule has 2 saturated heterocycles. The molecule has 0 amide bonds. The molecule has 13 heavy (non-hydrogen) atoms. The minimum Gasteiger partial charge on any atom is -0.381 e. The number of hydrogen-bond donors (Lipinski definition) is 1. The predicted molar refractivity (Wildman–Crippen MR) is 52.1 cm³/mol. The first-order valence-electron chi connectivity index (χ1n) is 5.29. The van der Waals surface area contributed by atoms with Gasteiger partial charge in [-0.25, -0.2) is 0 Å². The normalized spacial score (nSPS) is 25.1. The van der Waals surface area contributed by atoms with Gasteiger partial charge in [-0.05, 0) is 25.7 Å². The Bertz CT molecular complexity index is 181. The minimum atomic E-state index is 0.479. The maximum atomic E-state index is 8.05. The van der Waals surface area contributed by atoms with Crippen molar-refractivity contribution < 1.29 is 4.74 Å². The van der Waals surface area contributed by atoms with Crippen LogP contribution in [0, 0.1) is 11.3 Å². The fraction of sp³-hybridized carbons (Fsp3) is 0.900. The van der Waals surface area contributed by atoms with Crippen molar-refractivity contribution in [2.45, 2.75) is 25.7 Å². The largest absolute Gasteiger partial charge is 0.381 e. The molecule has 0 aromatic heterocycles. The van der Waals surface area contributed by atoms with Crippen molar-refractivity contribution in [1.82, 2.24) is 4.90 Å². The molecule has 2 rings (SSSR count). The zero-order valence-corrected chi connectivity index (χ0v) is 8.09. The molecule has 2 heterocycles. The second-order valence-corrected chi connectivity index (χ2v) is 3.97. The molecule has 0 atom stereocenters. The average Bonchev–Trinajstić information content (AvgIpc) is 2.71. The molecule has 74 valence electrons. The maximum Gasteiger partial charge on any atom is 0.0991 e. The summed E-state index contributed by atoms with van der Waals surface area (Å²) in [5, 5.41) is 8.05. The average molecular weight is 182 g/mol. The summed E-state index contributed by atoms with van der Waals surface area (Å²) in [4.78, 5) is 2.25. The molecule has 0 aliphatic carbocycles. The summed E-state index contributed by atoms with van der Waals surface area (Å²) in [6.07, 6.45) is 4.64. The number of likely N-dealkylation sites (tertiary alicyclic amines) is 1. The van der Waals surface area contributed by atoms with E-state index in [1.54, 1.807) is 0 Å². The van der Waals surface area contributed by atoms with Crippen molar-refractivity contribution in [1.29, 1.82) is 5.41 Å². The lowest BCUT2D eigenvalue weighted by atomic mass is 9.98. The SMILES string of the molecule is N=C(C1CCOCC1)N1CCCC1. The van der Waals surface area contributed by atoms with Gasteiger partial charge in [-0.15, -0.1) is 0 Å². The Morgan fingerprint density at radius 1 is 1.15 bits per heavy atom. The molecule has 0 radical (unpaired) electrons. The van der Waals surface area contributed by atoms with Crippen LogP contribution in [-0.4, -0.2) is 37.0 Å². The van der Waals surface area contributed by atoms with Gasteiger partial charge in [0, 0.05) is 32.2 Å². The first-order valence-corrected chi connectivity index (χ1v) is 5.29. The topological polar surface area (TPSA) is 36.3 Å². The molecule has 2 aliphatic heterocycles. The highest BCUT2D eigenvalue weighted by Crippen LogP contribution is 2.20. The fourth-order valence-electron chi connectivity index (χ4n) is 2.19. The summed E-state index contributed by atoms with van der Waals surface area (Å²) in [5.41, 5.74) is 0. The van der Waals surface area contributed by atoms with Crippen molar-refractivity contribution >= 4 is 5.84 Å². The van der Waals surface area contributed by atoms with Crippen molar-refractivity contribution in [3.05, 3.63) is 0 Å². The van der Waals surface area contributed by atoms with E-state index in [0.29, 0.717) is 5.92 Å². The molecule has 1 N–H and O–H groups in total. The Kier molecular flexibility index (Phi) is 2.83. The van der Waals surface area contributed by atoms with Gasteiger partial charge >= 0.3 is 0 Å². The van der Waals surface area contributed by atoms with Gasteiger partial charge in [-0.2, -0.15) is 0 Å². The van der Waals surface area contributed by atoms with Gasteiger partial charge in [-0.1, -0.05) is 0 Å². The monoisotopic (exact) mass is 182 g/mol. The van der Waals surface area contributed by atoms with Crippen LogP contribution in [0.1, 0.15) is 25.7 Å². The summed E-state index contributed by atoms with van der Waals surface area (Å²) in [6.45, 7) is 3.91. The molecule has 2 fully saturated rings. The molecule has 0 aromatic rings. The zero-order valence-electron chi connectivity index (χ0n) is 8.09. The molecular formula is C10H18N2O. The Morgan fingerprint density at radius 2 is 1.77 bits per heavy atom. The third kappa shape index (κ3) is 2.02. The van der Waals surface area contributed by atoms with Crippen LogP contribution >= 0.6 is 0 Å². The number of ether oxygens (including phenoxy) is 1. The van der Waals surface area contributed by atoms with Gasteiger partial charge in [0.25, 0.3) is 0 Å². The van der Waals surface area contributed by atoms with Crippen LogP contribution in [-0.2, 0) is 4.74 Å². The van der Waals surface area contributed by atoms with Crippen molar-refractivity contribution in [2.24, 2.45) is 5.92 Å². The Hall–Kier alpha value is -0.570. The molecular weight excluding hydrogens is 164 g/mol. The first-order chi connectivity index (χ1) is 6.38. The lowest BCUT2D eigenvalue weighted by Crippen LogP contribution is -2.36. The number of nitrogens with zero attached hydrogens (tertiary/aromatic N) is 1. The number of nitrogens with one attached hydrogen (secondary N) is 1. The van der Waals surface area contributed by atoms with Gasteiger partial charge in [0.15, 0.2) is 0 Å². The summed E-state index contributed by atoms with van der Waals surface area (Å²) in [6, 6.07) is 0. The summed E-state index contributed by atoms with van der Waals surface area (Å²) >= 11 is 0. The van der Waals surface area contributed by atoms with Crippen LogP contribution < -0.4 is 0 Å². The van der Waals surface area contributed by atoms with Crippen LogP contribution in [0.15, 0.2) is 0 Å². The quantitative estimate of drug-likeness (QED) is 0.492. The third-order valence-electron chi connectivity index (χ3n) is 3.05. The van der Waals surface area contributed by atoms with Gasteiger partial charge in [0.1, 0.15) is 0 Å². The van der Waals surface area contributed by atoms with Crippen LogP contribution in [0.4, 0.5) is 0 Å². The van der Waals surface area contributed by atoms with E-state index in [-0.39, 0.29) is 0 Å². The number of rotatable bonds is 1. The van der Waals surface area contributed by atoms with Crippen LogP contribution in [0.25, 0.3) is 0 Å². The van der Waals surface area contributed by atoms with Crippen LogP contribution in [0.3, 0.4) is 0 Å². The highest BCUT2D eigenvalue weighted by Gasteiger charge is 2.24. The highest BCUT2D eigenvalue weighted by atomic mass is 16.5. The third-order valence-corrected chi connectivity index (χ3v) is 3.05. The van der Waals surface area contributed by atoms with Gasteiger partial charge in [0.05, 0.1) is 5.84 Å². The molecule has 3 nitrogen and oxygen atoms in total. The molecule has 2 aliphatic rings. The van der Waals surface area contributed by atoms with Crippen molar-refractivity contribution in [3.8, 4) is 0 Å². The Morgan fingerprint density at radius 3 is 2.38 bits per heavy atom. The van der Waals surface area contributed by atoms with Crippen LogP contribution in [0.2, 0.25) is 0 Å². The molecule has 0 spiro atoms. The lowest BCUT2D eigenvalue weighted by Gasteiger charge is -2.28. The highest BCUT2D eigenvalue weighted by molar-refractivity contribution is 5.81. The molecule has 3 heteroatoms. The number of amidine groups is 1. The van der Waals surface area contributed by atoms with E-state index >= 15 is 0 Å². The second kappa shape index (κ2) is 4.09. The fourth-order valence-corrected chi connectivity index (χ4v) is 2.19. The van der Waals surface area contributed by atoms with E-state index in [1.165, 1.54) is 12.8 Å². The van der Waals surface area contributed by atoms with E-state index in [0.717, 1.165) is 45.0 Å². The predicted octanol–water partition coefficient (Wildman–Crippen LogP) is 1.49. The summed E-state index contributed by atoms with van der Waals surface area (Å²) in [5.74, 6) is 1.35. The van der Waals surface area contributed by atoms with E-state index in [2.05, 4.69) is 4.90 Å². The summed E-state index contributed by atoms with van der Waals surface area (Å²) < 4.78 is 5.30. The maximum absolute atomic E-state index is 8.05. The molecule has 0 bridgehead atoms. The zero-order chi connectivity index (χ0) is 9.10. The smallest absolute Gasteiger partial charge is 0.0991 e. The van der Waals surface area contributed by atoms with Gasteiger partial charge in [0.2, 0.25) is 0 Å². The van der Waals surface area contributed by atoms with Gasteiger partial charge in [-0.3, -0.25) is 5.41 Å². The molecule has 0 aromatic carbocycles. The summed E-state index contributed by atoms with van der Waals surface area (Å²) in [7, 11) is 0. The number of hydrogen-bond acceptors (Lipinski definition) is 2. The van der Waals surface area contributed by atoms with E-state index < -0.39 is 0 Å². The second-order valence-electron chi connectivity index (χ2n) is 3.97. The van der Waals surface area contributed by atoms with Crippen LogP contribution in [0.5, 0.6) is 0 Å².